The molecule has 0 saturated carbocycles. The SMILES string of the molecule is Cc1ccc(-n2cc(-c3ccccc3)nc2NC(=O)CN(CCN2CCOCC2)C(=O)c2ccccc2Cl)cc1C. The van der Waals surface area contributed by atoms with Crippen LogP contribution in [-0.4, -0.2) is 77.1 Å². The fourth-order valence-electron chi connectivity index (χ4n) is 4.77. The molecule has 4 aromatic rings. The third kappa shape index (κ3) is 7.03. The number of hydrogen-bond acceptors (Lipinski definition) is 5. The van der Waals surface area contributed by atoms with Crippen molar-refractivity contribution in [2.24, 2.45) is 0 Å². The van der Waals surface area contributed by atoms with Gasteiger partial charge in [-0.15, -0.1) is 0 Å². The van der Waals surface area contributed by atoms with Gasteiger partial charge in [0.25, 0.3) is 5.91 Å². The van der Waals surface area contributed by atoms with Gasteiger partial charge in [0.05, 0.1) is 29.5 Å². The molecule has 0 aliphatic carbocycles. The van der Waals surface area contributed by atoms with Crippen LogP contribution >= 0.6 is 11.6 Å². The molecule has 1 aliphatic rings. The smallest absolute Gasteiger partial charge is 0.255 e. The van der Waals surface area contributed by atoms with E-state index in [2.05, 4.69) is 30.1 Å². The quantitative estimate of drug-likeness (QED) is 0.298. The van der Waals surface area contributed by atoms with Crippen molar-refractivity contribution in [1.82, 2.24) is 19.4 Å². The summed E-state index contributed by atoms with van der Waals surface area (Å²) in [4.78, 5) is 35.6. The summed E-state index contributed by atoms with van der Waals surface area (Å²) in [5, 5.41) is 3.33. The Balaban J connectivity index is 1.40. The normalized spacial score (nSPS) is 13.6. The number of aromatic nitrogens is 2. The minimum atomic E-state index is -0.345. The number of imidazole rings is 1. The lowest BCUT2D eigenvalue weighted by molar-refractivity contribution is -0.117. The molecule has 0 radical (unpaired) electrons. The molecule has 8 nitrogen and oxygen atoms in total. The second-order valence-corrected chi connectivity index (χ2v) is 10.6. The third-order valence-corrected chi connectivity index (χ3v) is 7.64. The minimum absolute atomic E-state index is 0.144. The summed E-state index contributed by atoms with van der Waals surface area (Å²) in [7, 11) is 0. The maximum absolute atomic E-state index is 13.6. The Bertz CT molecular complexity index is 1520. The lowest BCUT2D eigenvalue weighted by Crippen LogP contribution is -2.45. The number of nitrogens with one attached hydrogen (secondary N) is 1. The summed E-state index contributed by atoms with van der Waals surface area (Å²) in [6.07, 6.45) is 1.92. The van der Waals surface area contributed by atoms with Gasteiger partial charge in [-0.05, 0) is 49.2 Å². The van der Waals surface area contributed by atoms with Crippen LogP contribution in [0.25, 0.3) is 16.9 Å². The zero-order chi connectivity index (χ0) is 28.8. The van der Waals surface area contributed by atoms with Crippen molar-refractivity contribution in [1.29, 1.82) is 0 Å². The predicted molar refractivity (Wildman–Crippen MR) is 162 cm³/mol. The molecule has 0 bridgehead atoms. The summed E-state index contributed by atoms with van der Waals surface area (Å²) < 4.78 is 7.33. The van der Waals surface area contributed by atoms with E-state index in [4.69, 9.17) is 21.3 Å². The zero-order valence-corrected chi connectivity index (χ0v) is 24.1. The summed E-state index contributed by atoms with van der Waals surface area (Å²) in [6.45, 7) is 7.86. The first-order valence-electron chi connectivity index (χ1n) is 13.8. The van der Waals surface area contributed by atoms with Gasteiger partial charge in [-0.2, -0.15) is 0 Å². The van der Waals surface area contributed by atoms with Crippen molar-refractivity contribution in [3.63, 3.8) is 0 Å². The summed E-state index contributed by atoms with van der Waals surface area (Å²) >= 11 is 6.36. The van der Waals surface area contributed by atoms with Gasteiger partial charge in [0.1, 0.15) is 6.54 Å². The number of hydrogen-bond donors (Lipinski definition) is 1. The van der Waals surface area contributed by atoms with E-state index in [9.17, 15) is 9.59 Å². The molecule has 2 heterocycles. The molecular formula is C32H34ClN5O3. The number of amides is 2. The van der Waals surface area contributed by atoms with Crippen molar-refractivity contribution in [2.75, 3.05) is 51.3 Å². The molecule has 1 saturated heterocycles. The number of rotatable bonds is 9. The molecule has 0 unspecified atom stereocenters. The average molecular weight is 572 g/mol. The average Bonchev–Trinajstić information content (AvgIpc) is 3.41. The van der Waals surface area contributed by atoms with E-state index in [1.807, 2.05) is 53.2 Å². The molecule has 9 heteroatoms. The maximum atomic E-state index is 13.6. The minimum Gasteiger partial charge on any atom is -0.379 e. The Kier molecular flexibility index (Phi) is 9.14. The Morgan fingerprint density at radius 1 is 0.976 bits per heavy atom. The highest BCUT2D eigenvalue weighted by Gasteiger charge is 2.23. The summed E-state index contributed by atoms with van der Waals surface area (Å²) in [5.41, 5.74) is 5.23. The molecule has 5 rings (SSSR count). The highest BCUT2D eigenvalue weighted by atomic mass is 35.5. The Labute approximate surface area is 245 Å². The van der Waals surface area contributed by atoms with E-state index in [1.165, 1.54) is 5.56 Å². The molecule has 41 heavy (non-hydrogen) atoms. The van der Waals surface area contributed by atoms with Crippen LogP contribution in [0.1, 0.15) is 21.5 Å². The number of carbonyl (C=O) groups excluding carboxylic acids is 2. The van der Waals surface area contributed by atoms with Gasteiger partial charge in [-0.1, -0.05) is 60.1 Å². The molecule has 0 atom stereocenters. The molecule has 1 N–H and O–H groups in total. The number of anilines is 1. The van der Waals surface area contributed by atoms with Crippen molar-refractivity contribution in [2.45, 2.75) is 13.8 Å². The van der Waals surface area contributed by atoms with Gasteiger partial charge in [-0.25, -0.2) is 4.98 Å². The van der Waals surface area contributed by atoms with E-state index in [-0.39, 0.29) is 18.4 Å². The Morgan fingerprint density at radius 2 is 1.71 bits per heavy atom. The van der Waals surface area contributed by atoms with Gasteiger partial charge < -0.3 is 9.64 Å². The highest BCUT2D eigenvalue weighted by molar-refractivity contribution is 6.33. The fourth-order valence-corrected chi connectivity index (χ4v) is 4.99. The molecule has 1 fully saturated rings. The molecule has 1 aromatic heterocycles. The van der Waals surface area contributed by atoms with Gasteiger partial charge in [0.15, 0.2) is 0 Å². The van der Waals surface area contributed by atoms with Crippen molar-refractivity contribution in [3.05, 3.63) is 101 Å². The topological polar surface area (TPSA) is 79.7 Å². The van der Waals surface area contributed by atoms with E-state index in [1.54, 1.807) is 29.2 Å². The molecule has 212 valence electrons. The number of benzene rings is 3. The molecule has 3 aromatic carbocycles. The van der Waals surface area contributed by atoms with Gasteiger partial charge in [0.2, 0.25) is 11.9 Å². The number of aryl methyl sites for hydroxylation is 2. The first kappa shape index (κ1) is 28.5. The zero-order valence-electron chi connectivity index (χ0n) is 23.3. The number of nitrogens with zero attached hydrogens (tertiary/aromatic N) is 4. The predicted octanol–water partition coefficient (Wildman–Crippen LogP) is 5.22. The lowest BCUT2D eigenvalue weighted by atomic mass is 10.1. The third-order valence-electron chi connectivity index (χ3n) is 7.31. The standard InChI is InChI=1S/C32H34ClN5O3/c1-23-12-13-26(20-24(23)2)38-21-29(25-8-4-3-5-9-25)34-32(38)35-30(39)22-37(15-14-36-16-18-41-19-17-36)31(40)27-10-6-7-11-28(27)33/h3-13,20-21H,14-19,22H2,1-2H3,(H,34,35,39). The van der Waals surface area contributed by atoms with Crippen molar-refractivity contribution in [3.8, 4) is 16.9 Å². The van der Waals surface area contributed by atoms with Crippen LogP contribution in [0.5, 0.6) is 0 Å². The van der Waals surface area contributed by atoms with Crippen LogP contribution in [0.2, 0.25) is 5.02 Å². The van der Waals surface area contributed by atoms with Crippen LogP contribution in [0, 0.1) is 13.8 Å². The number of morpholine rings is 1. The van der Waals surface area contributed by atoms with Gasteiger partial charge in [-0.3, -0.25) is 24.4 Å². The fraction of sp³-hybridized carbons (Fsp3) is 0.281. The van der Waals surface area contributed by atoms with E-state index in [0.29, 0.717) is 42.8 Å². The van der Waals surface area contributed by atoms with Crippen molar-refractivity contribution >= 4 is 29.4 Å². The van der Waals surface area contributed by atoms with Gasteiger partial charge >= 0.3 is 0 Å². The van der Waals surface area contributed by atoms with E-state index in [0.717, 1.165) is 35.6 Å². The molecule has 2 amide bonds. The monoisotopic (exact) mass is 571 g/mol. The van der Waals surface area contributed by atoms with Gasteiger partial charge in [0, 0.05) is 43.6 Å². The largest absolute Gasteiger partial charge is 0.379 e. The Morgan fingerprint density at radius 3 is 2.44 bits per heavy atom. The van der Waals surface area contributed by atoms with E-state index < -0.39 is 0 Å². The maximum Gasteiger partial charge on any atom is 0.255 e. The molecular weight excluding hydrogens is 538 g/mol. The lowest BCUT2D eigenvalue weighted by Gasteiger charge is -2.30. The van der Waals surface area contributed by atoms with Crippen LogP contribution < -0.4 is 5.32 Å². The summed E-state index contributed by atoms with van der Waals surface area (Å²) in [5.74, 6) is -0.250. The molecule has 0 spiro atoms. The van der Waals surface area contributed by atoms with Crippen molar-refractivity contribution < 1.29 is 14.3 Å². The van der Waals surface area contributed by atoms with Crippen LogP contribution in [-0.2, 0) is 9.53 Å². The second kappa shape index (κ2) is 13.1. The number of ether oxygens (including phenoxy) is 1. The number of halogens is 1. The van der Waals surface area contributed by atoms with Crippen LogP contribution in [0.3, 0.4) is 0 Å². The molecule has 1 aliphatic heterocycles. The Hall–Kier alpha value is -3.98. The van der Waals surface area contributed by atoms with Crippen LogP contribution in [0.4, 0.5) is 5.95 Å². The van der Waals surface area contributed by atoms with Crippen LogP contribution in [0.15, 0.2) is 79.0 Å². The number of carbonyl (C=O) groups is 2. The second-order valence-electron chi connectivity index (χ2n) is 10.2. The first-order chi connectivity index (χ1) is 19.9. The highest BCUT2D eigenvalue weighted by Crippen LogP contribution is 2.25. The first-order valence-corrected chi connectivity index (χ1v) is 14.1. The van der Waals surface area contributed by atoms with E-state index >= 15 is 0 Å². The summed E-state index contributed by atoms with van der Waals surface area (Å²) in [6, 6.07) is 22.9.